The summed E-state index contributed by atoms with van der Waals surface area (Å²) in [5.74, 6) is -1.99. The van der Waals surface area contributed by atoms with Crippen LogP contribution < -0.4 is 4.74 Å². The molecule has 4 heterocycles. The van der Waals surface area contributed by atoms with Crippen LogP contribution in [0.5, 0.6) is 5.75 Å². The van der Waals surface area contributed by atoms with Crippen LogP contribution in [0.4, 0.5) is 26.3 Å². The number of alkyl halides is 6. The van der Waals surface area contributed by atoms with Crippen LogP contribution in [-0.4, -0.2) is 97.8 Å². The summed E-state index contributed by atoms with van der Waals surface area (Å²) in [7, 11) is 0. The Balaban J connectivity index is 1.30. The van der Waals surface area contributed by atoms with Crippen LogP contribution in [0.2, 0.25) is 0 Å². The number of aliphatic hydroxyl groups is 3. The number of rotatable bonds is 12. The highest BCUT2D eigenvalue weighted by Gasteiger charge is 2.59. The summed E-state index contributed by atoms with van der Waals surface area (Å²) in [4.78, 5) is 34.5. The van der Waals surface area contributed by atoms with Crippen molar-refractivity contribution in [1.82, 2.24) is 14.8 Å². The minimum absolute atomic E-state index is 0.0103. The summed E-state index contributed by atoms with van der Waals surface area (Å²) < 4.78 is 96.1. The number of nitrogens with zero attached hydrogens (tertiary/aromatic N) is 3. The van der Waals surface area contributed by atoms with Crippen molar-refractivity contribution in [3.8, 4) is 5.75 Å². The zero-order chi connectivity index (χ0) is 40.7. The molecule has 4 atom stereocenters. The van der Waals surface area contributed by atoms with Crippen molar-refractivity contribution in [1.29, 1.82) is 0 Å². The minimum Gasteiger partial charge on any atom is -0.474 e. The molecule has 2 saturated heterocycles. The van der Waals surface area contributed by atoms with Crippen molar-refractivity contribution >= 4 is 23.2 Å². The van der Waals surface area contributed by atoms with E-state index in [-0.39, 0.29) is 75.9 Å². The van der Waals surface area contributed by atoms with Crippen LogP contribution in [0, 0.1) is 10.8 Å². The van der Waals surface area contributed by atoms with Gasteiger partial charge in [0.05, 0.1) is 29.9 Å². The van der Waals surface area contributed by atoms with Gasteiger partial charge in [-0.15, -0.1) is 11.3 Å². The van der Waals surface area contributed by atoms with E-state index >= 15 is 4.79 Å². The molecular weight excluding hydrogens is 768 g/mol. The Hall–Kier alpha value is -3.51. The number of halogens is 6. The van der Waals surface area contributed by atoms with Gasteiger partial charge in [0.1, 0.15) is 16.3 Å². The molecule has 17 heteroatoms. The van der Waals surface area contributed by atoms with Crippen molar-refractivity contribution in [3.63, 3.8) is 0 Å². The third-order valence-electron chi connectivity index (χ3n) is 12.0. The first-order valence-corrected chi connectivity index (χ1v) is 19.7. The van der Waals surface area contributed by atoms with E-state index in [1.54, 1.807) is 19.1 Å². The second-order valence-electron chi connectivity index (χ2n) is 15.7. The summed E-state index contributed by atoms with van der Waals surface area (Å²) in [6.45, 7) is 3.78. The first-order chi connectivity index (χ1) is 26.3. The van der Waals surface area contributed by atoms with Gasteiger partial charge in [0.25, 0.3) is 11.8 Å². The average Bonchev–Trinajstić information content (AvgIpc) is 3.72. The molecule has 10 nitrogen and oxygen atoms in total. The lowest BCUT2D eigenvalue weighted by atomic mass is 9.63. The number of carbonyl (C=O) groups is 2. The topological polar surface area (TPSA) is 133 Å². The normalized spacial score (nSPS) is 27.4. The van der Waals surface area contributed by atoms with Gasteiger partial charge >= 0.3 is 12.4 Å². The Labute approximate surface area is 324 Å². The van der Waals surface area contributed by atoms with Crippen LogP contribution in [0.3, 0.4) is 0 Å². The number of carbonyl (C=O) groups excluding carboxylic acids is 2. The quantitative estimate of drug-likeness (QED) is 0.158. The Bertz CT molecular complexity index is 1800. The number of aromatic nitrogens is 1. The molecule has 0 radical (unpaired) electrons. The number of hydrogen-bond donors (Lipinski definition) is 3. The van der Waals surface area contributed by atoms with Gasteiger partial charge in [0.2, 0.25) is 5.60 Å². The van der Waals surface area contributed by atoms with Crippen molar-refractivity contribution in [3.05, 3.63) is 70.2 Å². The van der Waals surface area contributed by atoms with Gasteiger partial charge in [-0.25, -0.2) is 0 Å². The number of piperidine rings is 2. The number of ether oxygens (including phenoxy) is 2. The molecule has 2 amide bonds. The summed E-state index contributed by atoms with van der Waals surface area (Å²) in [6.07, 6.45) is -1.06. The molecule has 308 valence electrons. The van der Waals surface area contributed by atoms with Crippen LogP contribution in [0.1, 0.15) is 92.6 Å². The standard InChI is InChI=1S/C39H47F6N3O7S/c1-3-8-27-37(55-25-21-29(56-23-25)39(43,44)45,12-7-18-48(27)32(51)31-26(38(40,41)42)9-6-17-46-31)33(52)47-19-15-36(53,16-20-47)34(2)11-5-4-10-28(34)54-24-35(13-14-35)22-30(49)50/h4-6,9-11,17,21,23,27-28,30,49-50,53H,3,7-8,12-16,18-20,22,24H2,1-2H3/t27-,28?,34?,37+/m1/s1. The third-order valence-corrected chi connectivity index (χ3v) is 12.9. The maximum Gasteiger partial charge on any atom is 0.425 e. The number of aliphatic hydroxyl groups excluding tert-OH is 1. The second-order valence-corrected chi connectivity index (χ2v) is 16.6. The highest BCUT2D eigenvalue weighted by Crippen LogP contribution is 2.52. The largest absolute Gasteiger partial charge is 0.474 e. The number of allylic oxidation sites excluding steroid dienone is 2. The molecule has 0 bridgehead atoms. The Kier molecular flexibility index (Phi) is 11.8. The molecule has 6 rings (SSSR count). The Morgan fingerprint density at radius 2 is 1.75 bits per heavy atom. The SMILES string of the molecule is CCC[C@H]1N(C(=O)c2ncccc2C(F)(F)F)CCC[C@@]1(Oc1csc(C(F)(F)F)c1)C(=O)N1CCC(O)(C2(C)C=CC=CC2OCC2(CC(O)O)CC2)CC1. The van der Waals surface area contributed by atoms with Crippen molar-refractivity contribution in [2.45, 2.75) is 114 Å². The van der Waals surface area contributed by atoms with E-state index in [0.29, 0.717) is 17.8 Å². The van der Waals surface area contributed by atoms with Gasteiger partial charge in [0.15, 0.2) is 6.29 Å². The molecule has 3 N–H and O–H groups in total. The molecule has 2 aromatic rings. The molecule has 0 spiro atoms. The number of hydrogen-bond acceptors (Lipinski definition) is 9. The van der Waals surface area contributed by atoms with Crippen LogP contribution in [0.15, 0.2) is 54.1 Å². The van der Waals surface area contributed by atoms with E-state index in [0.717, 1.165) is 47.5 Å². The molecule has 0 aromatic carbocycles. The van der Waals surface area contributed by atoms with Crippen LogP contribution >= 0.6 is 11.3 Å². The molecule has 56 heavy (non-hydrogen) atoms. The fraction of sp³-hybridized carbons (Fsp3) is 0.615. The van der Waals surface area contributed by atoms with E-state index in [1.807, 2.05) is 19.1 Å². The summed E-state index contributed by atoms with van der Waals surface area (Å²) >= 11 is 0.369. The average molecular weight is 816 g/mol. The fourth-order valence-electron chi connectivity index (χ4n) is 8.56. The zero-order valence-corrected chi connectivity index (χ0v) is 31.9. The Morgan fingerprint density at radius 1 is 1.04 bits per heavy atom. The molecule has 4 aliphatic rings. The molecule has 1 saturated carbocycles. The summed E-state index contributed by atoms with van der Waals surface area (Å²) in [6, 6.07) is 1.39. The molecule has 2 aromatic heterocycles. The van der Waals surface area contributed by atoms with E-state index in [9.17, 15) is 46.5 Å². The number of thiophene rings is 1. The predicted molar refractivity (Wildman–Crippen MR) is 192 cm³/mol. The van der Waals surface area contributed by atoms with Gasteiger partial charge in [-0.1, -0.05) is 44.6 Å². The first kappa shape index (κ1) is 42.1. The summed E-state index contributed by atoms with van der Waals surface area (Å²) in [5.41, 5.74) is -6.85. The smallest absolute Gasteiger partial charge is 0.425 e. The molecule has 3 fully saturated rings. The van der Waals surface area contributed by atoms with Gasteiger partial charge in [0, 0.05) is 55.5 Å². The van der Waals surface area contributed by atoms with E-state index in [2.05, 4.69) is 4.98 Å². The maximum atomic E-state index is 15.0. The Morgan fingerprint density at radius 3 is 2.36 bits per heavy atom. The van der Waals surface area contributed by atoms with Crippen LogP contribution in [0.25, 0.3) is 0 Å². The lowest BCUT2D eigenvalue weighted by Gasteiger charge is -2.54. The first-order valence-electron chi connectivity index (χ1n) is 18.8. The lowest BCUT2D eigenvalue weighted by Crippen LogP contribution is -2.69. The van der Waals surface area contributed by atoms with Crippen molar-refractivity contribution < 1.29 is 60.7 Å². The molecular formula is C39H47F6N3O7S. The number of amides is 2. The third kappa shape index (κ3) is 8.24. The second kappa shape index (κ2) is 15.7. The maximum absolute atomic E-state index is 15.0. The van der Waals surface area contributed by atoms with E-state index < -0.39 is 75.4 Å². The highest BCUT2D eigenvalue weighted by atomic mass is 32.1. The summed E-state index contributed by atoms with van der Waals surface area (Å²) in [5, 5.41) is 32.6. The van der Waals surface area contributed by atoms with Crippen molar-refractivity contribution in [2.24, 2.45) is 10.8 Å². The van der Waals surface area contributed by atoms with E-state index in [1.165, 1.54) is 4.90 Å². The van der Waals surface area contributed by atoms with Gasteiger partial charge in [-0.2, -0.15) is 26.3 Å². The lowest BCUT2D eigenvalue weighted by molar-refractivity contribution is -0.173. The van der Waals surface area contributed by atoms with Crippen molar-refractivity contribution in [2.75, 3.05) is 26.2 Å². The van der Waals surface area contributed by atoms with Gasteiger partial charge in [-0.05, 0) is 56.1 Å². The fourth-order valence-corrected chi connectivity index (χ4v) is 9.24. The van der Waals surface area contributed by atoms with Crippen LogP contribution in [-0.2, 0) is 21.9 Å². The van der Waals surface area contributed by atoms with Gasteiger partial charge in [-0.3, -0.25) is 14.6 Å². The number of likely N-dealkylation sites (tertiary alicyclic amines) is 2. The minimum atomic E-state index is -4.92. The predicted octanol–water partition coefficient (Wildman–Crippen LogP) is 6.76. The molecule has 2 unspecified atom stereocenters. The highest BCUT2D eigenvalue weighted by molar-refractivity contribution is 7.10. The monoisotopic (exact) mass is 815 g/mol. The number of pyridine rings is 1. The zero-order valence-electron chi connectivity index (χ0n) is 31.1. The van der Waals surface area contributed by atoms with E-state index in [4.69, 9.17) is 9.47 Å². The van der Waals surface area contributed by atoms with Gasteiger partial charge < -0.3 is 34.6 Å². The molecule has 2 aliphatic carbocycles. The molecule has 2 aliphatic heterocycles.